The maximum atomic E-state index is 12.7. The quantitative estimate of drug-likeness (QED) is 0.676. The molecule has 1 fully saturated rings. The average molecular weight is 423 g/mol. The average Bonchev–Trinajstić information content (AvgIpc) is 3.24. The number of hydrogen-bond donors (Lipinski definition) is 1. The summed E-state index contributed by atoms with van der Waals surface area (Å²) in [5.41, 5.74) is 1.56. The minimum absolute atomic E-state index is 0.00857. The lowest BCUT2D eigenvalue weighted by molar-refractivity contribution is 0.552. The minimum atomic E-state index is -3.58. The molecule has 0 spiro atoms. The number of fused-ring (bicyclic) bond motifs is 1. The summed E-state index contributed by atoms with van der Waals surface area (Å²) in [5, 5.41) is 0.601. The van der Waals surface area contributed by atoms with Crippen LogP contribution in [0.3, 0.4) is 0 Å². The number of nitrogens with one attached hydrogen (secondary N) is 1. The standard InChI is InChI=1S/C19H19ClN2O3S2/c20-16-8-4-1-5-13(16)12-22-17-10-9-15(11-18(17)26-19(22)23)27(24,25)21-14-6-2-3-7-14/h1,4-5,8-11,14,21H,2-3,6-7,12H2. The maximum absolute atomic E-state index is 12.7. The van der Waals surface area contributed by atoms with Crippen LogP contribution in [0.4, 0.5) is 0 Å². The summed E-state index contributed by atoms with van der Waals surface area (Å²) in [6.07, 6.45) is 3.86. The Morgan fingerprint density at radius 2 is 1.89 bits per heavy atom. The summed E-state index contributed by atoms with van der Waals surface area (Å²) in [6, 6.07) is 12.2. The van der Waals surface area contributed by atoms with Crippen molar-refractivity contribution in [3.05, 3.63) is 62.7 Å². The van der Waals surface area contributed by atoms with Gasteiger partial charge in [-0.2, -0.15) is 0 Å². The molecule has 4 rings (SSSR count). The number of benzene rings is 2. The third kappa shape index (κ3) is 3.82. The van der Waals surface area contributed by atoms with Gasteiger partial charge in [-0.3, -0.25) is 9.36 Å². The molecule has 1 aliphatic carbocycles. The van der Waals surface area contributed by atoms with E-state index in [1.807, 2.05) is 18.2 Å². The topological polar surface area (TPSA) is 68.2 Å². The minimum Gasteiger partial charge on any atom is -0.294 e. The van der Waals surface area contributed by atoms with Crippen LogP contribution in [0, 0.1) is 0 Å². The van der Waals surface area contributed by atoms with Gasteiger partial charge >= 0.3 is 4.87 Å². The number of rotatable bonds is 5. The van der Waals surface area contributed by atoms with Gasteiger partial charge < -0.3 is 0 Å². The van der Waals surface area contributed by atoms with Crippen LogP contribution >= 0.6 is 22.9 Å². The summed E-state index contributed by atoms with van der Waals surface area (Å²) >= 11 is 7.26. The molecule has 0 saturated heterocycles. The van der Waals surface area contributed by atoms with Crippen LogP contribution in [-0.2, 0) is 16.6 Å². The van der Waals surface area contributed by atoms with E-state index in [2.05, 4.69) is 4.72 Å². The van der Waals surface area contributed by atoms with Crippen LogP contribution in [0.15, 0.2) is 52.2 Å². The van der Waals surface area contributed by atoms with Gasteiger partial charge in [-0.1, -0.05) is 54.0 Å². The van der Waals surface area contributed by atoms with E-state index >= 15 is 0 Å². The fourth-order valence-corrected chi connectivity index (χ4v) is 6.02. The molecule has 3 aromatic rings. The summed E-state index contributed by atoms with van der Waals surface area (Å²) in [4.78, 5) is 12.5. The Kier molecular flexibility index (Phi) is 5.11. The van der Waals surface area contributed by atoms with Crippen LogP contribution in [-0.4, -0.2) is 19.0 Å². The first kappa shape index (κ1) is 18.7. The third-order valence-electron chi connectivity index (χ3n) is 4.91. The van der Waals surface area contributed by atoms with Gasteiger partial charge in [0.2, 0.25) is 10.0 Å². The highest BCUT2D eigenvalue weighted by Gasteiger charge is 2.23. The second kappa shape index (κ2) is 7.39. The Morgan fingerprint density at radius 1 is 1.15 bits per heavy atom. The lowest BCUT2D eigenvalue weighted by Gasteiger charge is -2.12. The first-order valence-electron chi connectivity index (χ1n) is 8.83. The largest absolute Gasteiger partial charge is 0.308 e. The van der Waals surface area contributed by atoms with Crippen LogP contribution in [0.5, 0.6) is 0 Å². The van der Waals surface area contributed by atoms with Crippen molar-refractivity contribution >= 4 is 43.2 Å². The maximum Gasteiger partial charge on any atom is 0.308 e. The van der Waals surface area contributed by atoms with Gasteiger partial charge in [0.15, 0.2) is 0 Å². The summed E-state index contributed by atoms with van der Waals surface area (Å²) in [6.45, 7) is 0.352. The van der Waals surface area contributed by atoms with Crippen molar-refractivity contribution in [3.8, 4) is 0 Å². The van der Waals surface area contributed by atoms with E-state index in [-0.39, 0.29) is 15.8 Å². The molecule has 0 radical (unpaired) electrons. The van der Waals surface area contributed by atoms with Crippen LogP contribution < -0.4 is 9.60 Å². The second-order valence-corrected chi connectivity index (χ2v) is 9.89. The van der Waals surface area contributed by atoms with Crippen molar-refractivity contribution in [2.75, 3.05) is 0 Å². The van der Waals surface area contributed by atoms with Gasteiger partial charge in [-0.25, -0.2) is 13.1 Å². The smallest absolute Gasteiger partial charge is 0.294 e. The van der Waals surface area contributed by atoms with E-state index in [0.717, 1.165) is 42.6 Å². The van der Waals surface area contributed by atoms with E-state index < -0.39 is 10.0 Å². The Bertz CT molecular complexity index is 1150. The Morgan fingerprint density at radius 3 is 2.63 bits per heavy atom. The van der Waals surface area contributed by atoms with Gasteiger partial charge in [-0.05, 0) is 42.7 Å². The van der Waals surface area contributed by atoms with Crippen molar-refractivity contribution in [3.63, 3.8) is 0 Å². The van der Waals surface area contributed by atoms with Crippen molar-refractivity contribution in [2.45, 2.75) is 43.2 Å². The summed E-state index contributed by atoms with van der Waals surface area (Å²) in [7, 11) is -3.58. The summed E-state index contributed by atoms with van der Waals surface area (Å²) < 4.78 is 30.4. The van der Waals surface area contributed by atoms with Crippen molar-refractivity contribution in [1.29, 1.82) is 0 Å². The normalized spacial score (nSPS) is 15.6. The number of hydrogen-bond acceptors (Lipinski definition) is 4. The molecular formula is C19H19ClN2O3S2. The zero-order valence-electron chi connectivity index (χ0n) is 14.5. The van der Waals surface area contributed by atoms with E-state index in [1.54, 1.807) is 28.8 Å². The predicted molar refractivity (Wildman–Crippen MR) is 109 cm³/mol. The first-order chi connectivity index (χ1) is 12.9. The van der Waals surface area contributed by atoms with Crippen LogP contribution in [0.1, 0.15) is 31.2 Å². The highest BCUT2D eigenvalue weighted by Crippen LogP contribution is 2.25. The molecule has 1 aliphatic rings. The lowest BCUT2D eigenvalue weighted by atomic mass is 10.2. The van der Waals surface area contributed by atoms with Gasteiger partial charge in [0, 0.05) is 11.1 Å². The van der Waals surface area contributed by atoms with Crippen molar-refractivity contribution in [1.82, 2.24) is 9.29 Å². The lowest BCUT2D eigenvalue weighted by Crippen LogP contribution is -2.32. The molecule has 8 heteroatoms. The summed E-state index contributed by atoms with van der Waals surface area (Å²) in [5.74, 6) is 0. The van der Waals surface area contributed by atoms with E-state index in [0.29, 0.717) is 21.8 Å². The Labute approximate surface area is 166 Å². The molecule has 1 aromatic heterocycles. The molecule has 142 valence electrons. The number of nitrogens with zero attached hydrogens (tertiary/aromatic N) is 1. The van der Waals surface area contributed by atoms with Gasteiger partial charge in [0.1, 0.15) is 0 Å². The van der Waals surface area contributed by atoms with E-state index in [4.69, 9.17) is 11.6 Å². The molecule has 1 N–H and O–H groups in total. The fraction of sp³-hybridized carbons (Fsp3) is 0.316. The zero-order valence-corrected chi connectivity index (χ0v) is 16.9. The number of sulfonamides is 1. The molecule has 0 amide bonds. The highest BCUT2D eigenvalue weighted by atomic mass is 35.5. The number of aromatic nitrogens is 1. The molecule has 0 unspecified atom stereocenters. The molecule has 2 aromatic carbocycles. The number of thiazole rings is 1. The monoisotopic (exact) mass is 422 g/mol. The molecular weight excluding hydrogens is 404 g/mol. The molecule has 0 bridgehead atoms. The van der Waals surface area contributed by atoms with Gasteiger partial charge in [0.25, 0.3) is 0 Å². The molecule has 1 saturated carbocycles. The van der Waals surface area contributed by atoms with Gasteiger partial charge in [0.05, 0.1) is 21.7 Å². The molecule has 0 atom stereocenters. The fourth-order valence-electron chi connectivity index (χ4n) is 3.49. The van der Waals surface area contributed by atoms with Gasteiger partial charge in [-0.15, -0.1) is 0 Å². The Hall–Kier alpha value is -1.67. The third-order valence-corrected chi connectivity index (χ3v) is 7.74. The van der Waals surface area contributed by atoms with Crippen molar-refractivity contribution < 1.29 is 8.42 Å². The molecule has 0 aliphatic heterocycles. The molecule has 5 nitrogen and oxygen atoms in total. The van der Waals surface area contributed by atoms with Crippen LogP contribution in [0.25, 0.3) is 10.2 Å². The predicted octanol–water partition coefficient (Wildman–Crippen LogP) is 3.99. The first-order valence-corrected chi connectivity index (χ1v) is 11.5. The Balaban J connectivity index is 1.68. The SMILES string of the molecule is O=c1sc2cc(S(=O)(=O)NC3CCCC3)ccc2n1Cc1ccccc1Cl. The van der Waals surface area contributed by atoms with E-state index in [9.17, 15) is 13.2 Å². The highest BCUT2D eigenvalue weighted by molar-refractivity contribution is 7.89. The molecule has 1 heterocycles. The number of halogens is 1. The zero-order chi connectivity index (χ0) is 19.0. The van der Waals surface area contributed by atoms with Crippen LogP contribution in [0.2, 0.25) is 5.02 Å². The second-order valence-electron chi connectivity index (χ2n) is 6.78. The van der Waals surface area contributed by atoms with Crippen molar-refractivity contribution in [2.24, 2.45) is 0 Å². The molecule has 27 heavy (non-hydrogen) atoms. The van der Waals surface area contributed by atoms with E-state index in [1.165, 1.54) is 0 Å².